The highest BCUT2D eigenvalue weighted by Crippen LogP contribution is 2.29. The van der Waals surface area contributed by atoms with Gasteiger partial charge in [0.1, 0.15) is 11.3 Å². The maximum absolute atomic E-state index is 4.74. The van der Waals surface area contributed by atoms with E-state index < -0.39 is 0 Å². The zero-order chi connectivity index (χ0) is 13.8. The van der Waals surface area contributed by atoms with Crippen LogP contribution in [0.5, 0.6) is 0 Å². The van der Waals surface area contributed by atoms with Crippen LogP contribution >= 0.6 is 31.9 Å². The van der Waals surface area contributed by atoms with Gasteiger partial charge >= 0.3 is 0 Å². The molecule has 0 fully saturated rings. The Labute approximate surface area is 131 Å². The average Bonchev–Trinajstić information content (AvgIpc) is 2.84. The molecule has 1 heterocycles. The minimum atomic E-state index is 0.734. The molecule has 2 nitrogen and oxygen atoms in total. The smallest absolute Gasteiger partial charge is 0.107 e. The number of halogens is 2. The van der Waals surface area contributed by atoms with Crippen molar-refractivity contribution in [3.05, 3.63) is 26.9 Å². The molecule has 0 aliphatic carbocycles. The van der Waals surface area contributed by atoms with E-state index >= 15 is 0 Å². The van der Waals surface area contributed by atoms with Gasteiger partial charge in [0.15, 0.2) is 0 Å². The average molecular weight is 388 g/mol. The van der Waals surface area contributed by atoms with Crippen LogP contribution in [0.1, 0.15) is 45.4 Å². The third-order valence-electron chi connectivity index (χ3n) is 3.62. The number of fused-ring (bicyclic) bond motifs is 1. The van der Waals surface area contributed by atoms with Crippen LogP contribution in [-0.2, 0) is 6.42 Å². The first kappa shape index (κ1) is 15.0. The van der Waals surface area contributed by atoms with E-state index in [-0.39, 0.29) is 0 Å². The molecular weight excluding hydrogens is 368 g/mol. The summed E-state index contributed by atoms with van der Waals surface area (Å²) < 4.78 is 2.13. The Morgan fingerprint density at radius 1 is 1.21 bits per heavy atom. The molecule has 1 aromatic heterocycles. The quantitative estimate of drug-likeness (QED) is 0.661. The Hall–Kier alpha value is -0.350. The van der Waals surface area contributed by atoms with Gasteiger partial charge in [0.25, 0.3) is 0 Å². The van der Waals surface area contributed by atoms with Crippen LogP contribution in [0.15, 0.2) is 21.1 Å². The number of hydrogen-bond acceptors (Lipinski definition) is 1. The van der Waals surface area contributed by atoms with Gasteiger partial charge < -0.3 is 4.98 Å². The molecule has 19 heavy (non-hydrogen) atoms. The molecule has 1 N–H and O–H groups in total. The zero-order valence-corrected chi connectivity index (χ0v) is 14.6. The van der Waals surface area contributed by atoms with Crippen molar-refractivity contribution in [2.75, 3.05) is 0 Å². The lowest BCUT2D eigenvalue weighted by molar-refractivity contribution is 0.442. The number of nitrogens with zero attached hydrogens (tertiary/aromatic N) is 1. The van der Waals surface area contributed by atoms with Crippen molar-refractivity contribution < 1.29 is 0 Å². The SMILES string of the molecule is CCCCC(CC)Cc1nc2c(Br)ccc(Br)c2[nH]1. The lowest BCUT2D eigenvalue weighted by Crippen LogP contribution is -2.04. The maximum atomic E-state index is 4.74. The molecule has 0 radical (unpaired) electrons. The van der Waals surface area contributed by atoms with Crippen molar-refractivity contribution in [1.82, 2.24) is 9.97 Å². The molecule has 1 atom stereocenters. The van der Waals surface area contributed by atoms with E-state index in [9.17, 15) is 0 Å². The fraction of sp³-hybridized carbons (Fsp3) is 0.533. The second-order valence-corrected chi connectivity index (χ2v) is 6.77. The number of nitrogens with one attached hydrogen (secondary N) is 1. The number of rotatable bonds is 6. The largest absolute Gasteiger partial charge is 0.341 e. The van der Waals surface area contributed by atoms with Gasteiger partial charge in [-0.05, 0) is 49.9 Å². The number of H-pyrrole nitrogens is 1. The molecule has 0 aliphatic heterocycles. The van der Waals surface area contributed by atoms with Crippen molar-refractivity contribution in [3.63, 3.8) is 0 Å². The van der Waals surface area contributed by atoms with Gasteiger partial charge in [0, 0.05) is 15.4 Å². The van der Waals surface area contributed by atoms with E-state index in [1.165, 1.54) is 25.7 Å². The summed E-state index contributed by atoms with van der Waals surface area (Å²) in [6.07, 6.45) is 6.15. The number of imidazole rings is 1. The van der Waals surface area contributed by atoms with Crippen molar-refractivity contribution in [3.8, 4) is 0 Å². The maximum Gasteiger partial charge on any atom is 0.107 e. The molecule has 104 valence electrons. The first-order valence-corrected chi connectivity index (χ1v) is 8.56. The highest BCUT2D eigenvalue weighted by molar-refractivity contribution is 9.11. The van der Waals surface area contributed by atoms with Crippen LogP contribution in [0.25, 0.3) is 11.0 Å². The van der Waals surface area contributed by atoms with Gasteiger partial charge in [-0.15, -0.1) is 0 Å². The first-order valence-electron chi connectivity index (χ1n) is 6.98. The van der Waals surface area contributed by atoms with Gasteiger partial charge in [-0.1, -0.05) is 39.5 Å². The van der Waals surface area contributed by atoms with Crippen LogP contribution < -0.4 is 0 Å². The second-order valence-electron chi connectivity index (χ2n) is 5.06. The topological polar surface area (TPSA) is 28.7 Å². The summed E-state index contributed by atoms with van der Waals surface area (Å²) in [5.74, 6) is 1.84. The number of benzene rings is 1. The van der Waals surface area contributed by atoms with E-state index in [0.29, 0.717) is 0 Å². The Morgan fingerprint density at radius 2 is 1.95 bits per heavy atom. The molecule has 1 unspecified atom stereocenters. The molecule has 4 heteroatoms. The standard InChI is InChI=1S/C15H20Br2N2/c1-3-5-6-10(4-2)9-13-18-14-11(16)7-8-12(17)15(14)19-13/h7-8,10H,3-6,9H2,1-2H3,(H,18,19). The van der Waals surface area contributed by atoms with Crippen LogP contribution in [-0.4, -0.2) is 9.97 Å². The number of hydrogen-bond donors (Lipinski definition) is 1. The van der Waals surface area contributed by atoms with Crippen LogP contribution in [0.3, 0.4) is 0 Å². The van der Waals surface area contributed by atoms with E-state index in [0.717, 1.165) is 38.1 Å². The molecule has 0 saturated heterocycles. The molecule has 0 bridgehead atoms. The van der Waals surface area contributed by atoms with Crippen LogP contribution in [0.2, 0.25) is 0 Å². The van der Waals surface area contributed by atoms with Gasteiger partial charge in [-0.3, -0.25) is 0 Å². The van der Waals surface area contributed by atoms with Crippen molar-refractivity contribution in [2.45, 2.75) is 46.0 Å². The van der Waals surface area contributed by atoms with E-state index in [1.807, 2.05) is 12.1 Å². The Balaban J connectivity index is 2.21. The van der Waals surface area contributed by atoms with Crippen LogP contribution in [0.4, 0.5) is 0 Å². The first-order chi connectivity index (χ1) is 9.15. The predicted molar refractivity (Wildman–Crippen MR) is 88.5 cm³/mol. The molecule has 0 saturated carbocycles. The Morgan fingerprint density at radius 3 is 2.58 bits per heavy atom. The fourth-order valence-corrected chi connectivity index (χ4v) is 3.23. The number of aromatic amines is 1. The van der Waals surface area contributed by atoms with Crippen LogP contribution in [0, 0.1) is 5.92 Å². The van der Waals surface area contributed by atoms with E-state index in [1.54, 1.807) is 0 Å². The second kappa shape index (κ2) is 6.89. The van der Waals surface area contributed by atoms with Crippen molar-refractivity contribution in [1.29, 1.82) is 0 Å². The predicted octanol–water partition coefficient (Wildman–Crippen LogP) is 5.85. The van der Waals surface area contributed by atoms with Gasteiger partial charge in [0.2, 0.25) is 0 Å². The highest BCUT2D eigenvalue weighted by atomic mass is 79.9. The highest BCUT2D eigenvalue weighted by Gasteiger charge is 2.13. The minimum Gasteiger partial charge on any atom is -0.341 e. The lowest BCUT2D eigenvalue weighted by atomic mass is 9.96. The zero-order valence-electron chi connectivity index (χ0n) is 11.5. The molecule has 0 amide bonds. The number of unbranched alkanes of at least 4 members (excludes halogenated alkanes) is 1. The third-order valence-corrected chi connectivity index (χ3v) is 4.92. The summed E-state index contributed by atoms with van der Waals surface area (Å²) in [4.78, 5) is 8.19. The molecule has 1 aromatic carbocycles. The molecule has 0 spiro atoms. The minimum absolute atomic E-state index is 0.734. The molecule has 2 rings (SSSR count). The van der Waals surface area contributed by atoms with Gasteiger partial charge in [0.05, 0.1) is 5.52 Å². The molecule has 2 aromatic rings. The fourth-order valence-electron chi connectivity index (χ4n) is 2.39. The summed E-state index contributed by atoms with van der Waals surface area (Å²) in [6.45, 7) is 4.52. The van der Waals surface area contributed by atoms with Crippen molar-refractivity contribution in [2.24, 2.45) is 5.92 Å². The van der Waals surface area contributed by atoms with Crippen molar-refractivity contribution >= 4 is 42.9 Å². The Kier molecular flexibility index (Phi) is 5.46. The summed E-state index contributed by atoms with van der Waals surface area (Å²) in [6, 6.07) is 4.08. The summed E-state index contributed by atoms with van der Waals surface area (Å²) in [5, 5.41) is 0. The number of aromatic nitrogens is 2. The summed E-state index contributed by atoms with van der Waals surface area (Å²) in [5.41, 5.74) is 2.12. The summed E-state index contributed by atoms with van der Waals surface area (Å²) in [7, 11) is 0. The lowest BCUT2D eigenvalue weighted by Gasteiger charge is -2.12. The monoisotopic (exact) mass is 386 g/mol. The normalized spacial score (nSPS) is 13.1. The van der Waals surface area contributed by atoms with Gasteiger partial charge in [-0.2, -0.15) is 0 Å². The summed E-state index contributed by atoms with van der Waals surface area (Å²) >= 11 is 7.14. The van der Waals surface area contributed by atoms with Gasteiger partial charge in [-0.25, -0.2) is 4.98 Å². The molecule has 0 aliphatic rings. The Bertz CT molecular complexity index is 509. The third kappa shape index (κ3) is 3.60. The molecular formula is C15H20Br2N2. The van der Waals surface area contributed by atoms with E-state index in [4.69, 9.17) is 4.98 Å². The van der Waals surface area contributed by atoms with E-state index in [2.05, 4.69) is 50.7 Å².